The summed E-state index contributed by atoms with van der Waals surface area (Å²) in [5.74, 6) is 0.772. The van der Waals surface area contributed by atoms with E-state index in [1.54, 1.807) is 31.5 Å². The molecular formula is C20H27NO5S. The fourth-order valence-electron chi connectivity index (χ4n) is 1.97. The summed E-state index contributed by atoms with van der Waals surface area (Å²) in [7, 11) is -4.02. The molecule has 1 heterocycles. The van der Waals surface area contributed by atoms with Crippen LogP contribution in [0, 0.1) is 6.92 Å². The molecule has 0 aliphatic heterocycles. The number of nitrogens with zero attached hydrogens (tertiary/aromatic N) is 1. The number of aromatic nitrogens is 1. The first kappa shape index (κ1) is 22.8. The number of benzene rings is 1. The van der Waals surface area contributed by atoms with E-state index in [9.17, 15) is 8.42 Å². The van der Waals surface area contributed by atoms with Crippen LogP contribution in [0.3, 0.4) is 0 Å². The molecule has 0 radical (unpaired) electrons. The lowest BCUT2D eigenvalue weighted by molar-refractivity contribution is 0.199. The Hall–Kier alpha value is -2.22. The normalized spacial score (nSPS) is 12.6. The predicted octanol–water partition coefficient (Wildman–Crippen LogP) is 3.89. The summed E-state index contributed by atoms with van der Waals surface area (Å²) in [6.07, 6.45) is 7.83. The number of pyridine rings is 1. The molecule has 6 nitrogen and oxygen atoms in total. The van der Waals surface area contributed by atoms with Crippen molar-refractivity contribution < 1.29 is 22.8 Å². The van der Waals surface area contributed by atoms with Crippen LogP contribution in [-0.4, -0.2) is 35.3 Å². The third-order valence-electron chi connectivity index (χ3n) is 3.21. The van der Waals surface area contributed by atoms with Crippen molar-refractivity contribution in [3.63, 3.8) is 0 Å². The van der Waals surface area contributed by atoms with Gasteiger partial charge in [0.15, 0.2) is 0 Å². The number of rotatable bonds is 6. The summed E-state index contributed by atoms with van der Waals surface area (Å²) in [5.41, 5.74) is 1.94. The van der Waals surface area contributed by atoms with Crippen LogP contribution in [0.25, 0.3) is 6.08 Å². The lowest BCUT2D eigenvalue weighted by Gasteiger charge is -2.09. The average Bonchev–Trinajstić information content (AvgIpc) is 2.54. The van der Waals surface area contributed by atoms with Crippen LogP contribution in [-0.2, 0) is 10.1 Å². The summed E-state index contributed by atoms with van der Waals surface area (Å²) in [5, 5.41) is 9.11. The van der Waals surface area contributed by atoms with Gasteiger partial charge in [0.25, 0.3) is 10.1 Å². The average molecular weight is 394 g/mol. The van der Waals surface area contributed by atoms with Crippen molar-refractivity contribution in [3.8, 4) is 5.75 Å². The van der Waals surface area contributed by atoms with Gasteiger partial charge in [-0.05, 0) is 57.9 Å². The van der Waals surface area contributed by atoms with E-state index < -0.39 is 10.1 Å². The molecule has 2 rings (SSSR count). The summed E-state index contributed by atoms with van der Waals surface area (Å²) in [6, 6.07) is 7.92. The van der Waals surface area contributed by atoms with Crippen molar-refractivity contribution in [1.29, 1.82) is 0 Å². The monoisotopic (exact) mass is 393 g/mol. The van der Waals surface area contributed by atoms with E-state index in [4.69, 9.17) is 14.4 Å². The van der Waals surface area contributed by atoms with Crippen LogP contribution in [0.1, 0.15) is 38.3 Å². The van der Waals surface area contributed by atoms with E-state index in [1.165, 1.54) is 12.1 Å². The number of hydrogen-bond acceptors (Lipinski definition) is 5. The molecule has 0 saturated carbocycles. The fourth-order valence-corrected chi connectivity index (χ4v) is 2.45. The van der Waals surface area contributed by atoms with Crippen molar-refractivity contribution in [2.24, 2.45) is 0 Å². The standard InChI is InChI=1S/C13H19NO2.C7H8O3S/c1-10(2)16-13-7-12(8-14-9-13)6-4-5-11(3)15;1-6-2-4-7(5-3-6)11(8,9)10/h4,6-11,15H,5H2,1-3H3;2-5H,1H3,(H,8,9,10). The van der Waals surface area contributed by atoms with Gasteiger partial charge in [0.2, 0.25) is 0 Å². The van der Waals surface area contributed by atoms with Crippen LogP contribution in [0.15, 0.2) is 53.7 Å². The SMILES string of the molecule is CC(O)CC=Cc1cncc(OC(C)C)c1.Cc1ccc(S(=O)(=O)O)cc1. The highest BCUT2D eigenvalue weighted by Crippen LogP contribution is 2.14. The van der Waals surface area contributed by atoms with Crippen molar-refractivity contribution in [2.75, 3.05) is 0 Å². The lowest BCUT2D eigenvalue weighted by Crippen LogP contribution is -2.05. The van der Waals surface area contributed by atoms with E-state index in [0.717, 1.165) is 16.9 Å². The Morgan fingerprint density at radius 1 is 1.15 bits per heavy atom. The van der Waals surface area contributed by atoms with E-state index in [-0.39, 0.29) is 17.1 Å². The summed E-state index contributed by atoms with van der Waals surface area (Å²) in [6.45, 7) is 7.57. The van der Waals surface area contributed by atoms with Crippen LogP contribution >= 0.6 is 0 Å². The highest BCUT2D eigenvalue weighted by Gasteiger charge is 2.06. The van der Waals surface area contributed by atoms with Gasteiger partial charge in [-0.2, -0.15) is 8.42 Å². The molecule has 0 saturated heterocycles. The molecule has 0 spiro atoms. The molecule has 0 bridgehead atoms. The predicted molar refractivity (Wildman–Crippen MR) is 106 cm³/mol. The van der Waals surface area contributed by atoms with Gasteiger partial charge in [-0.25, -0.2) is 0 Å². The zero-order valence-electron chi connectivity index (χ0n) is 16.0. The zero-order chi connectivity index (χ0) is 20.4. The van der Waals surface area contributed by atoms with Crippen LogP contribution < -0.4 is 4.74 Å². The fraction of sp³-hybridized carbons (Fsp3) is 0.350. The molecule has 2 N–H and O–H groups in total. The quantitative estimate of drug-likeness (QED) is 0.723. The molecule has 0 amide bonds. The van der Waals surface area contributed by atoms with Crippen LogP contribution in [0.4, 0.5) is 0 Å². The minimum atomic E-state index is -4.02. The van der Waals surface area contributed by atoms with Gasteiger partial charge in [-0.1, -0.05) is 29.8 Å². The molecular weight excluding hydrogens is 366 g/mol. The van der Waals surface area contributed by atoms with Crippen LogP contribution in [0.2, 0.25) is 0 Å². The van der Waals surface area contributed by atoms with Crippen molar-refractivity contribution in [2.45, 2.75) is 51.2 Å². The molecule has 27 heavy (non-hydrogen) atoms. The molecule has 2 aromatic rings. The van der Waals surface area contributed by atoms with Gasteiger partial charge in [-0.3, -0.25) is 9.54 Å². The second kappa shape index (κ2) is 10.8. The molecule has 148 valence electrons. The number of aliphatic hydroxyl groups is 1. The molecule has 1 aromatic carbocycles. The van der Waals surface area contributed by atoms with Crippen molar-refractivity contribution >= 4 is 16.2 Å². The first-order valence-corrected chi connectivity index (χ1v) is 10.0. The molecule has 0 aliphatic rings. The van der Waals surface area contributed by atoms with Crippen LogP contribution in [0.5, 0.6) is 5.75 Å². The summed E-state index contributed by atoms with van der Waals surface area (Å²) < 4.78 is 35.1. The van der Waals surface area contributed by atoms with E-state index in [1.807, 2.05) is 39.0 Å². The van der Waals surface area contributed by atoms with Gasteiger partial charge < -0.3 is 9.84 Å². The van der Waals surface area contributed by atoms with Gasteiger partial charge >= 0.3 is 0 Å². The van der Waals surface area contributed by atoms with Gasteiger partial charge in [0, 0.05) is 6.20 Å². The topological polar surface area (TPSA) is 96.7 Å². The maximum Gasteiger partial charge on any atom is 0.294 e. The number of aliphatic hydroxyl groups excluding tert-OH is 1. The highest BCUT2D eigenvalue weighted by molar-refractivity contribution is 7.85. The Morgan fingerprint density at radius 2 is 1.78 bits per heavy atom. The first-order chi connectivity index (χ1) is 12.6. The number of hydrogen-bond donors (Lipinski definition) is 2. The second-order valence-electron chi connectivity index (χ2n) is 6.40. The van der Waals surface area contributed by atoms with Crippen molar-refractivity contribution in [3.05, 3.63) is 59.9 Å². The number of ether oxygens (including phenoxy) is 1. The van der Waals surface area contributed by atoms with Crippen molar-refractivity contribution in [1.82, 2.24) is 4.98 Å². The molecule has 0 fully saturated rings. The van der Waals surface area contributed by atoms with E-state index in [0.29, 0.717) is 6.42 Å². The maximum atomic E-state index is 10.5. The molecule has 1 unspecified atom stereocenters. The summed E-state index contributed by atoms with van der Waals surface area (Å²) in [4.78, 5) is 4.03. The first-order valence-electron chi connectivity index (χ1n) is 8.58. The summed E-state index contributed by atoms with van der Waals surface area (Å²) >= 11 is 0. The second-order valence-corrected chi connectivity index (χ2v) is 7.82. The van der Waals surface area contributed by atoms with Gasteiger partial charge in [-0.15, -0.1) is 0 Å². The minimum absolute atomic E-state index is 0.0666. The Morgan fingerprint density at radius 3 is 2.30 bits per heavy atom. The third kappa shape index (κ3) is 9.89. The molecule has 0 aliphatic carbocycles. The lowest BCUT2D eigenvalue weighted by atomic mass is 10.2. The molecule has 1 atom stereocenters. The Bertz CT molecular complexity index is 828. The largest absolute Gasteiger partial charge is 0.489 e. The van der Waals surface area contributed by atoms with Gasteiger partial charge in [0.05, 0.1) is 23.3 Å². The van der Waals surface area contributed by atoms with E-state index in [2.05, 4.69) is 4.98 Å². The molecule has 7 heteroatoms. The maximum absolute atomic E-state index is 10.5. The Kier molecular flexibility index (Phi) is 9.14. The highest BCUT2D eigenvalue weighted by atomic mass is 32.2. The molecule has 1 aromatic heterocycles. The van der Waals surface area contributed by atoms with E-state index >= 15 is 0 Å². The minimum Gasteiger partial charge on any atom is -0.489 e. The third-order valence-corrected chi connectivity index (χ3v) is 4.08. The Labute approximate surface area is 161 Å². The zero-order valence-corrected chi connectivity index (χ0v) is 16.8. The Balaban J connectivity index is 0.000000289. The smallest absolute Gasteiger partial charge is 0.294 e. The van der Waals surface area contributed by atoms with Gasteiger partial charge in [0.1, 0.15) is 5.75 Å². The number of aryl methyl sites for hydroxylation is 1.